The van der Waals surface area contributed by atoms with E-state index in [-0.39, 0.29) is 0 Å². The van der Waals surface area contributed by atoms with E-state index in [2.05, 4.69) is 55.8 Å². The van der Waals surface area contributed by atoms with Gasteiger partial charge in [-0.1, -0.05) is 37.3 Å². The summed E-state index contributed by atoms with van der Waals surface area (Å²) in [4.78, 5) is 2.47. The fraction of sp³-hybridized carbons (Fsp3) is 0.500. The van der Waals surface area contributed by atoms with E-state index in [0.29, 0.717) is 6.04 Å². The van der Waals surface area contributed by atoms with Crippen LogP contribution in [0.2, 0.25) is 0 Å². The minimum Gasteiger partial charge on any atom is -0.366 e. The predicted octanol–water partition coefficient (Wildman–Crippen LogP) is 2.96. The number of nitrogens with zero attached hydrogens (tertiary/aromatic N) is 1. The number of rotatable bonds is 3. The maximum atomic E-state index is 4.34. The lowest BCUT2D eigenvalue weighted by molar-refractivity contribution is 0.238. The molecule has 2 heteroatoms. The monoisotopic (exact) mass is 244 g/mol. The number of piperazine rings is 1. The average Bonchev–Trinajstić information content (AvgIpc) is 2.38. The van der Waals surface area contributed by atoms with Gasteiger partial charge in [0.1, 0.15) is 0 Å². The van der Waals surface area contributed by atoms with Gasteiger partial charge in [0.25, 0.3) is 0 Å². The fourth-order valence-corrected chi connectivity index (χ4v) is 2.77. The van der Waals surface area contributed by atoms with E-state index in [4.69, 9.17) is 0 Å². The zero-order valence-corrected chi connectivity index (χ0v) is 11.8. The van der Waals surface area contributed by atoms with E-state index >= 15 is 0 Å². The predicted molar refractivity (Wildman–Crippen MR) is 78.6 cm³/mol. The number of nitrogens with one attached hydrogen (secondary N) is 1. The molecule has 1 aliphatic heterocycles. The van der Waals surface area contributed by atoms with Crippen LogP contribution in [0.25, 0.3) is 5.70 Å². The van der Waals surface area contributed by atoms with Crippen molar-refractivity contribution in [2.45, 2.75) is 33.2 Å². The second-order valence-electron chi connectivity index (χ2n) is 5.22. The topological polar surface area (TPSA) is 15.3 Å². The van der Waals surface area contributed by atoms with Crippen LogP contribution >= 0.6 is 0 Å². The third-order valence-corrected chi connectivity index (χ3v) is 3.86. The van der Waals surface area contributed by atoms with Gasteiger partial charge in [-0.2, -0.15) is 0 Å². The minimum atomic E-state index is 0.576. The van der Waals surface area contributed by atoms with Crippen molar-refractivity contribution < 1.29 is 0 Å². The van der Waals surface area contributed by atoms with Crippen LogP contribution in [0, 0.1) is 13.8 Å². The maximum absolute atomic E-state index is 4.34. The largest absolute Gasteiger partial charge is 0.366 e. The third-order valence-electron chi connectivity index (χ3n) is 3.86. The van der Waals surface area contributed by atoms with Crippen LogP contribution in [0.3, 0.4) is 0 Å². The molecule has 1 aliphatic rings. The van der Waals surface area contributed by atoms with E-state index in [1.807, 2.05) is 0 Å². The first kappa shape index (κ1) is 13.2. The SMILES string of the molecule is C=C(c1ccc(C)cc1C)N1CCNCC1CC. The maximum Gasteiger partial charge on any atom is 0.0412 e. The van der Waals surface area contributed by atoms with E-state index in [1.54, 1.807) is 0 Å². The summed E-state index contributed by atoms with van der Waals surface area (Å²) in [5, 5.41) is 3.46. The standard InChI is InChI=1S/C16H24N2/c1-5-15-11-17-8-9-18(15)14(4)16-7-6-12(2)10-13(16)3/h6-7,10,15,17H,4-5,8-9,11H2,1-3H3. The number of hydrogen-bond donors (Lipinski definition) is 1. The molecule has 1 fully saturated rings. The highest BCUT2D eigenvalue weighted by molar-refractivity contribution is 5.65. The first-order valence-corrected chi connectivity index (χ1v) is 6.87. The summed E-state index contributed by atoms with van der Waals surface area (Å²) in [5.74, 6) is 0. The molecule has 2 nitrogen and oxygen atoms in total. The molecule has 1 aromatic rings. The Kier molecular flexibility index (Phi) is 4.07. The second kappa shape index (κ2) is 5.57. The summed E-state index contributed by atoms with van der Waals surface area (Å²) in [6.07, 6.45) is 1.16. The molecule has 1 unspecified atom stereocenters. The minimum absolute atomic E-state index is 0.576. The zero-order valence-electron chi connectivity index (χ0n) is 11.8. The van der Waals surface area contributed by atoms with Crippen LogP contribution < -0.4 is 5.32 Å². The van der Waals surface area contributed by atoms with Crippen molar-refractivity contribution in [2.75, 3.05) is 19.6 Å². The summed E-state index contributed by atoms with van der Waals surface area (Å²) in [6, 6.07) is 7.20. The highest BCUT2D eigenvalue weighted by atomic mass is 15.2. The summed E-state index contributed by atoms with van der Waals surface area (Å²) < 4.78 is 0. The van der Waals surface area contributed by atoms with Crippen LogP contribution in [-0.4, -0.2) is 30.6 Å². The van der Waals surface area contributed by atoms with Crippen molar-refractivity contribution in [1.82, 2.24) is 10.2 Å². The van der Waals surface area contributed by atoms with Crippen molar-refractivity contribution >= 4 is 5.70 Å². The molecule has 18 heavy (non-hydrogen) atoms. The molecular weight excluding hydrogens is 220 g/mol. The van der Waals surface area contributed by atoms with Gasteiger partial charge in [0.2, 0.25) is 0 Å². The third kappa shape index (κ3) is 2.59. The molecule has 1 saturated heterocycles. The zero-order chi connectivity index (χ0) is 13.1. The number of hydrogen-bond acceptors (Lipinski definition) is 2. The highest BCUT2D eigenvalue weighted by Gasteiger charge is 2.22. The van der Waals surface area contributed by atoms with Crippen LogP contribution in [0.4, 0.5) is 0 Å². The molecule has 1 heterocycles. The Morgan fingerprint density at radius 1 is 1.44 bits per heavy atom. The molecule has 2 rings (SSSR count). The van der Waals surface area contributed by atoms with Gasteiger partial charge < -0.3 is 10.2 Å². The van der Waals surface area contributed by atoms with Gasteiger partial charge in [0.05, 0.1) is 0 Å². The van der Waals surface area contributed by atoms with Gasteiger partial charge in [-0.05, 0) is 25.8 Å². The Balaban J connectivity index is 2.24. The quantitative estimate of drug-likeness (QED) is 0.879. The molecule has 0 saturated carbocycles. The lowest BCUT2D eigenvalue weighted by atomic mass is 10.0. The van der Waals surface area contributed by atoms with Gasteiger partial charge in [-0.25, -0.2) is 0 Å². The van der Waals surface area contributed by atoms with Gasteiger partial charge >= 0.3 is 0 Å². The second-order valence-corrected chi connectivity index (χ2v) is 5.22. The molecular formula is C16H24N2. The Hall–Kier alpha value is -1.28. The molecule has 0 amide bonds. The first-order valence-electron chi connectivity index (χ1n) is 6.87. The van der Waals surface area contributed by atoms with Crippen LogP contribution in [0.1, 0.15) is 30.0 Å². The van der Waals surface area contributed by atoms with Crippen molar-refractivity contribution in [3.63, 3.8) is 0 Å². The Labute approximate surface area is 111 Å². The van der Waals surface area contributed by atoms with E-state index in [9.17, 15) is 0 Å². The van der Waals surface area contributed by atoms with Gasteiger partial charge in [0.15, 0.2) is 0 Å². The lowest BCUT2D eigenvalue weighted by Gasteiger charge is -2.39. The summed E-state index contributed by atoms with van der Waals surface area (Å²) >= 11 is 0. The van der Waals surface area contributed by atoms with Crippen molar-refractivity contribution in [3.05, 3.63) is 41.5 Å². The average molecular weight is 244 g/mol. The normalized spacial score (nSPS) is 19.9. The molecule has 1 N–H and O–H groups in total. The smallest absolute Gasteiger partial charge is 0.0412 e. The van der Waals surface area contributed by atoms with Crippen LogP contribution in [0.15, 0.2) is 24.8 Å². The van der Waals surface area contributed by atoms with E-state index in [0.717, 1.165) is 26.1 Å². The summed E-state index contributed by atoms with van der Waals surface area (Å²) in [6.45, 7) is 14.1. The first-order chi connectivity index (χ1) is 8.63. The van der Waals surface area contributed by atoms with E-state index in [1.165, 1.54) is 22.4 Å². The molecule has 1 atom stereocenters. The lowest BCUT2D eigenvalue weighted by Crippen LogP contribution is -2.49. The highest BCUT2D eigenvalue weighted by Crippen LogP contribution is 2.25. The fourth-order valence-electron chi connectivity index (χ4n) is 2.77. The van der Waals surface area contributed by atoms with Crippen molar-refractivity contribution in [2.24, 2.45) is 0 Å². The molecule has 0 radical (unpaired) electrons. The van der Waals surface area contributed by atoms with Gasteiger partial charge in [0, 0.05) is 36.9 Å². The number of aryl methyl sites for hydroxylation is 2. The molecule has 1 aromatic carbocycles. The van der Waals surface area contributed by atoms with Gasteiger partial charge in [-0.15, -0.1) is 0 Å². The van der Waals surface area contributed by atoms with Crippen LogP contribution in [0.5, 0.6) is 0 Å². The van der Waals surface area contributed by atoms with E-state index < -0.39 is 0 Å². The van der Waals surface area contributed by atoms with Gasteiger partial charge in [-0.3, -0.25) is 0 Å². The van der Waals surface area contributed by atoms with Crippen molar-refractivity contribution in [1.29, 1.82) is 0 Å². The molecule has 0 aliphatic carbocycles. The summed E-state index contributed by atoms with van der Waals surface area (Å²) in [5.41, 5.74) is 5.12. The number of benzene rings is 1. The molecule has 0 bridgehead atoms. The molecule has 0 aromatic heterocycles. The summed E-state index contributed by atoms with van der Waals surface area (Å²) in [7, 11) is 0. The Bertz CT molecular complexity index is 437. The van der Waals surface area contributed by atoms with Crippen LogP contribution in [-0.2, 0) is 0 Å². The molecule has 98 valence electrons. The van der Waals surface area contributed by atoms with Crippen molar-refractivity contribution in [3.8, 4) is 0 Å². The Morgan fingerprint density at radius 2 is 2.22 bits per heavy atom. The Morgan fingerprint density at radius 3 is 2.89 bits per heavy atom. The molecule has 0 spiro atoms.